The molecule has 1 aromatic rings. The summed E-state index contributed by atoms with van der Waals surface area (Å²) in [7, 11) is -3.32. The number of carbonyl (C=O) groups excluding carboxylic acids is 1. The van der Waals surface area contributed by atoms with Crippen molar-refractivity contribution in [1.82, 2.24) is 5.32 Å². The number of aryl methyl sites for hydroxylation is 1. The van der Waals surface area contributed by atoms with Crippen LogP contribution in [0.4, 0.5) is 5.69 Å². The number of unbranched alkanes of at least 4 members (excludes halogenated alkanes) is 1. The number of carboxylic acids is 1. The van der Waals surface area contributed by atoms with Crippen molar-refractivity contribution in [2.45, 2.75) is 32.1 Å². The third-order valence-electron chi connectivity index (χ3n) is 3.92. The number of nitrogens with one attached hydrogen (secondary N) is 1. The van der Waals surface area contributed by atoms with Gasteiger partial charge in [0.1, 0.15) is 0 Å². The zero-order chi connectivity index (χ0) is 17.7. The van der Waals surface area contributed by atoms with Gasteiger partial charge in [0.15, 0.2) is 0 Å². The minimum atomic E-state index is -3.32. The molecule has 0 spiro atoms. The third-order valence-corrected chi connectivity index (χ3v) is 5.10. The van der Waals surface area contributed by atoms with Crippen molar-refractivity contribution >= 4 is 27.6 Å². The van der Waals surface area contributed by atoms with Crippen LogP contribution in [0.25, 0.3) is 0 Å². The third kappa shape index (κ3) is 4.70. The molecule has 2 N–H and O–H groups in total. The van der Waals surface area contributed by atoms with E-state index >= 15 is 0 Å². The molecule has 2 rings (SSSR count). The molecule has 1 aromatic carbocycles. The Hall–Kier alpha value is -2.09. The maximum atomic E-state index is 12.1. The topological polar surface area (TPSA) is 104 Å². The summed E-state index contributed by atoms with van der Waals surface area (Å²) in [5.41, 5.74) is 1.98. The fourth-order valence-corrected chi connectivity index (χ4v) is 3.75. The van der Waals surface area contributed by atoms with E-state index in [4.69, 9.17) is 5.11 Å². The van der Waals surface area contributed by atoms with Gasteiger partial charge in [-0.15, -0.1) is 0 Å². The number of hydrogen-bond acceptors (Lipinski definition) is 4. The predicted molar refractivity (Wildman–Crippen MR) is 90.8 cm³/mol. The summed E-state index contributed by atoms with van der Waals surface area (Å²) < 4.78 is 25.0. The molecular weight excluding hydrogens is 332 g/mol. The van der Waals surface area contributed by atoms with Gasteiger partial charge >= 0.3 is 5.97 Å². The van der Waals surface area contributed by atoms with Crippen LogP contribution < -0.4 is 9.62 Å². The highest BCUT2D eigenvalue weighted by atomic mass is 32.2. The highest BCUT2D eigenvalue weighted by Gasteiger charge is 2.24. The lowest BCUT2D eigenvalue weighted by molar-refractivity contribution is -0.137. The van der Waals surface area contributed by atoms with Gasteiger partial charge in [-0.2, -0.15) is 0 Å². The zero-order valence-electron chi connectivity index (χ0n) is 13.6. The van der Waals surface area contributed by atoms with Gasteiger partial charge in [0.25, 0.3) is 5.91 Å². The van der Waals surface area contributed by atoms with Crippen molar-refractivity contribution in [1.29, 1.82) is 0 Å². The highest BCUT2D eigenvalue weighted by molar-refractivity contribution is 7.92. The fourth-order valence-electron chi connectivity index (χ4n) is 2.75. The van der Waals surface area contributed by atoms with Crippen LogP contribution in [0.1, 0.15) is 41.6 Å². The van der Waals surface area contributed by atoms with Gasteiger partial charge in [0, 0.05) is 25.1 Å². The van der Waals surface area contributed by atoms with E-state index in [9.17, 15) is 18.0 Å². The van der Waals surface area contributed by atoms with E-state index in [2.05, 4.69) is 5.32 Å². The summed E-state index contributed by atoms with van der Waals surface area (Å²) in [6.07, 6.45) is 3.85. The second kappa shape index (κ2) is 7.65. The molecule has 24 heavy (non-hydrogen) atoms. The van der Waals surface area contributed by atoms with E-state index in [1.54, 1.807) is 18.2 Å². The van der Waals surface area contributed by atoms with E-state index in [0.717, 1.165) is 18.4 Å². The average molecular weight is 354 g/mol. The van der Waals surface area contributed by atoms with Crippen LogP contribution in [-0.4, -0.2) is 44.7 Å². The van der Waals surface area contributed by atoms with E-state index in [0.29, 0.717) is 37.2 Å². The monoisotopic (exact) mass is 354 g/mol. The SMILES string of the molecule is CS(=O)(=O)N1CCCc2cc(C(=O)NCCCCC(=O)O)ccc21. The molecule has 1 aliphatic rings. The number of aliphatic carboxylic acids is 1. The molecule has 7 nitrogen and oxygen atoms in total. The van der Waals surface area contributed by atoms with Gasteiger partial charge < -0.3 is 10.4 Å². The molecule has 0 aliphatic carbocycles. The molecular formula is C16H22N2O5S. The molecule has 0 atom stereocenters. The second-order valence-corrected chi connectivity index (χ2v) is 7.80. The van der Waals surface area contributed by atoms with Crippen LogP contribution in [0.3, 0.4) is 0 Å². The number of nitrogens with zero attached hydrogens (tertiary/aromatic N) is 1. The number of anilines is 1. The van der Waals surface area contributed by atoms with Crippen molar-refractivity contribution in [3.8, 4) is 0 Å². The molecule has 1 aliphatic heterocycles. The Bertz CT molecular complexity index is 730. The number of carboxylic acid groups (broad SMARTS) is 1. The summed E-state index contributed by atoms with van der Waals surface area (Å²) >= 11 is 0. The number of carbonyl (C=O) groups is 2. The Balaban J connectivity index is 2.00. The largest absolute Gasteiger partial charge is 0.481 e. The molecule has 0 aromatic heterocycles. The summed E-state index contributed by atoms with van der Waals surface area (Å²) in [6.45, 7) is 0.875. The first-order valence-electron chi connectivity index (χ1n) is 7.89. The maximum absolute atomic E-state index is 12.1. The first-order chi connectivity index (χ1) is 11.3. The summed E-state index contributed by atoms with van der Waals surface area (Å²) in [5, 5.41) is 11.3. The lowest BCUT2D eigenvalue weighted by Gasteiger charge is -2.29. The molecule has 0 radical (unpaired) electrons. The van der Waals surface area contributed by atoms with Gasteiger partial charge in [-0.05, 0) is 49.4 Å². The van der Waals surface area contributed by atoms with E-state index in [1.807, 2.05) is 0 Å². The van der Waals surface area contributed by atoms with E-state index in [-0.39, 0.29) is 12.3 Å². The lowest BCUT2D eigenvalue weighted by atomic mass is 10.0. The van der Waals surface area contributed by atoms with Crippen LogP contribution in [0.2, 0.25) is 0 Å². The Kier molecular flexibility index (Phi) is 5.82. The highest BCUT2D eigenvalue weighted by Crippen LogP contribution is 2.29. The first kappa shape index (κ1) is 18.3. The summed E-state index contributed by atoms with van der Waals surface area (Å²) in [5.74, 6) is -1.07. The number of rotatable bonds is 7. The van der Waals surface area contributed by atoms with Crippen LogP contribution in [0.5, 0.6) is 0 Å². The summed E-state index contributed by atoms with van der Waals surface area (Å²) in [4.78, 5) is 22.6. The number of hydrogen-bond donors (Lipinski definition) is 2. The fraction of sp³-hybridized carbons (Fsp3) is 0.500. The Labute approximate surface area is 141 Å². The lowest BCUT2D eigenvalue weighted by Crippen LogP contribution is -2.34. The van der Waals surface area contributed by atoms with Gasteiger partial charge in [-0.3, -0.25) is 13.9 Å². The minimum absolute atomic E-state index is 0.0933. The molecule has 132 valence electrons. The number of sulfonamides is 1. The van der Waals surface area contributed by atoms with Gasteiger partial charge in [-0.25, -0.2) is 8.42 Å². The molecule has 8 heteroatoms. The van der Waals surface area contributed by atoms with Crippen molar-refractivity contribution in [3.05, 3.63) is 29.3 Å². The molecule has 0 unspecified atom stereocenters. The smallest absolute Gasteiger partial charge is 0.303 e. The second-order valence-electron chi connectivity index (χ2n) is 5.89. The number of fused-ring (bicyclic) bond motifs is 1. The van der Waals surface area contributed by atoms with Gasteiger partial charge in [-0.1, -0.05) is 0 Å². The van der Waals surface area contributed by atoms with Crippen molar-refractivity contribution in [3.63, 3.8) is 0 Å². The van der Waals surface area contributed by atoms with Gasteiger partial charge in [0.2, 0.25) is 10.0 Å². The van der Waals surface area contributed by atoms with Crippen molar-refractivity contribution in [2.75, 3.05) is 23.7 Å². The molecule has 1 heterocycles. The molecule has 0 saturated carbocycles. The number of amides is 1. The summed E-state index contributed by atoms with van der Waals surface area (Å²) in [6, 6.07) is 5.03. The van der Waals surface area contributed by atoms with Crippen LogP contribution >= 0.6 is 0 Å². The predicted octanol–water partition coefficient (Wildman–Crippen LogP) is 1.38. The Morgan fingerprint density at radius 2 is 2.04 bits per heavy atom. The quantitative estimate of drug-likeness (QED) is 0.720. The molecule has 0 fully saturated rings. The molecule has 0 bridgehead atoms. The zero-order valence-corrected chi connectivity index (χ0v) is 14.4. The Morgan fingerprint density at radius 3 is 2.71 bits per heavy atom. The van der Waals surface area contributed by atoms with Crippen LogP contribution in [0, 0.1) is 0 Å². The standard InChI is InChI=1S/C16H22N2O5S/c1-24(22,23)18-10-4-5-12-11-13(7-8-14(12)18)16(21)17-9-3-2-6-15(19)20/h7-8,11H,2-6,9-10H2,1H3,(H,17,21)(H,19,20). The average Bonchev–Trinajstić information content (AvgIpc) is 2.52. The van der Waals surface area contributed by atoms with E-state index < -0.39 is 16.0 Å². The molecule has 1 amide bonds. The van der Waals surface area contributed by atoms with Gasteiger partial charge in [0.05, 0.1) is 11.9 Å². The van der Waals surface area contributed by atoms with E-state index in [1.165, 1.54) is 10.6 Å². The first-order valence-corrected chi connectivity index (χ1v) is 9.74. The molecule has 0 saturated heterocycles. The maximum Gasteiger partial charge on any atom is 0.303 e. The van der Waals surface area contributed by atoms with Crippen LogP contribution in [-0.2, 0) is 21.2 Å². The van der Waals surface area contributed by atoms with Crippen molar-refractivity contribution in [2.24, 2.45) is 0 Å². The normalized spacial score (nSPS) is 14.1. The van der Waals surface area contributed by atoms with Crippen molar-refractivity contribution < 1.29 is 23.1 Å². The number of benzene rings is 1. The minimum Gasteiger partial charge on any atom is -0.481 e. The van der Waals surface area contributed by atoms with Crippen LogP contribution in [0.15, 0.2) is 18.2 Å². The Morgan fingerprint density at radius 1 is 1.29 bits per heavy atom.